The molecule has 0 radical (unpaired) electrons. The fraction of sp³-hybridized carbons (Fsp3) is 0.429. The molecule has 1 aliphatic rings. The lowest BCUT2D eigenvalue weighted by molar-refractivity contribution is -0.0495. The van der Waals surface area contributed by atoms with Crippen molar-refractivity contribution in [2.75, 3.05) is 12.3 Å². The van der Waals surface area contributed by atoms with E-state index >= 15 is 4.39 Å². The van der Waals surface area contributed by atoms with Crippen molar-refractivity contribution in [3.05, 3.63) is 22.4 Å². The molecule has 17 nitrogen and oxygen atoms in total. The van der Waals surface area contributed by atoms with Gasteiger partial charge in [-0.15, -0.1) is 5.92 Å². The number of nitrogens with two attached hydrogens (primary N) is 1. The van der Waals surface area contributed by atoms with Crippen molar-refractivity contribution in [3.63, 3.8) is 0 Å². The Balaban J connectivity index is 2.02. The molecule has 0 saturated carbocycles. The number of H-pyrrole nitrogens is 1. The summed E-state index contributed by atoms with van der Waals surface area (Å²) < 4.78 is 97.4. The smallest absolute Gasteiger partial charge is 0.386 e. The number of halogens is 2. The van der Waals surface area contributed by atoms with Crippen LogP contribution in [0, 0.1) is 17.7 Å². The lowest BCUT2D eigenvalue weighted by Crippen LogP contribution is -2.42. The molecule has 3 rings (SSSR count). The van der Waals surface area contributed by atoms with Gasteiger partial charge in [-0.3, -0.25) is 18.9 Å². The Morgan fingerprint density at radius 3 is 2.56 bits per heavy atom. The summed E-state index contributed by atoms with van der Waals surface area (Å²) in [6, 6.07) is 0. The SMILES string of the molecule is [2H]C([2H])(OP(=O)(O)OP(=O)(O)OP(=O)(O)O)[C@H]1O[C@@H](n2cc(F)c3c(=O)[nH]c(N)nc32)C(F)(C#CC)[C@H]1O. The maximum Gasteiger partial charge on any atom is 0.490 e. The van der Waals surface area contributed by atoms with E-state index in [0.29, 0.717) is 10.8 Å². The maximum absolute atomic E-state index is 16.1. The van der Waals surface area contributed by atoms with Gasteiger partial charge in [-0.1, -0.05) is 5.92 Å². The van der Waals surface area contributed by atoms with E-state index in [1.807, 2.05) is 10.9 Å². The Morgan fingerprint density at radius 2 is 1.97 bits per heavy atom. The second-order valence-electron chi connectivity index (χ2n) is 6.83. The van der Waals surface area contributed by atoms with E-state index in [-0.39, 0.29) is 0 Å². The second kappa shape index (κ2) is 9.69. The van der Waals surface area contributed by atoms with Gasteiger partial charge in [-0.05, 0) is 6.92 Å². The first-order valence-corrected chi connectivity index (χ1v) is 13.5. The summed E-state index contributed by atoms with van der Waals surface area (Å²) in [5.41, 5.74) is 0.377. The molecule has 0 amide bonds. The largest absolute Gasteiger partial charge is 0.490 e. The van der Waals surface area contributed by atoms with Crippen molar-refractivity contribution < 1.29 is 67.8 Å². The highest BCUT2D eigenvalue weighted by molar-refractivity contribution is 7.66. The molecule has 3 unspecified atom stereocenters. The van der Waals surface area contributed by atoms with Crippen LogP contribution in [0.1, 0.15) is 15.9 Å². The molecule has 0 bridgehead atoms. The molecule has 2 aromatic heterocycles. The van der Waals surface area contributed by atoms with E-state index < -0.39 is 82.5 Å². The van der Waals surface area contributed by atoms with Gasteiger partial charge < -0.3 is 35.2 Å². The average Bonchev–Trinajstić information content (AvgIpc) is 3.12. The minimum Gasteiger partial charge on any atom is -0.386 e. The molecular formula is C14H17F2N4O13P3. The van der Waals surface area contributed by atoms with Crippen molar-refractivity contribution in [3.8, 4) is 11.8 Å². The highest BCUT2D eigenvalue weighted by Crippen LogP contribution is 2.66. The third-order valence-corrected chi connectivity index (χ3v) is 7.94. The van der Waals surface area contributed by atoms with E-state index in [9.17, 15) is 37.8 Å². The molecule has 0 aliphatic carbocycles. The lowest BCUT2D eigenvalue weighted by Gasteiger charge is -2.24. The van der Waals surface area contributed by atoms with Crippen LogP contribution in [0.25, 0.3) is 11.0 Å². The van der Waals surface area contributed by atoms with Gasteiger partial charge >= 0.3 is 23.5 Å². The first-order valence-electron chi connectivity index (χ1n) is 9.99. The topological polar surface area (TPSA) is 266 Å². The number of hydrogen-bond acceptors (Lipinski definition) is 11. The number of nitrogens with one attached hydrogen (secondary N) is 1. The number of aromatic amines is 1. The zero-order chi connectivity index (χ0) is 29.1. The molecular weight excluding hydrogens is 563 g/mol. The highest BCUT2D eigenvalue weighted by atomic mass is 31.3. The van der Waals surface area contributed by atoms with Crippen molar-refractivity contribution in [1.82, 2.24) is 14.5 Å². The van der Waals surface area contributed by atoms with Crippen molar-refractivity contribution >= 4 is 40.4 Å². The molecule has 1 saturated heterocycles. The summed E-state index contributed by atoms with van der Waals surface area (Å²) >= 11 is 0. The van der Waals surface area contributed by atoms with Crippen LogP contribution < -0.4 is 11.3 Å². The van der Waals surface area contributed by atoms with E-state index in [1.165, 1.54) is 0 Å². The number of hydrogen-bond donors (Lipinski definition) is 7. The molecule has 22 heteroatoms. The fourth-order valence-electron chi connectivity index (χ4n) is 3.09. The molecule has 36 heavy (non-hydrogen) atoms. The van der Waals surface area contributed by atoms with Gasteiger partial charge in [0.1, 0.15) is 17.6 Å². The number of aliphatic hydroxyl groups excluding tert-OH is 1. The summed E-state index contributed by atoms with van der Waals surface area (Å²) in [4.78, 5) is 53.8. The van der Waals surface area contributed by atoms with Gasteiger partial charge in [0.15, 0.2) is 17.7 Å². The third kappa shape index (κ3) is 5.92. The Labute approximate surface area is 201 Å². The minimum absolute atomic E-state index is 0.496. The molecule has 200 valence electrons. The molecule has 1 aliphatic heterocycles. The number of rotatable bonds is 8. The first kappa shape index (κ1) is 25.6. The first-order chi connectivity index (χ1) is 17.1. The van der Waals surface area contributed by atoms with Crippen LogP contribution in [-0.4, -0.2) is 63.7 Å². The van der Waals surface area contributed by atoms with Crippen molar-refractivity contribution in [1.29, 1.82) is 0 Å². The molecule has 6 atom stereocenters. The number of nitrogen functional groups attached to an aromatic ring is 1. The number of phosphoric ester groups is 1. The van der Waals surface area contributed by atoms with E-state index in [0.717, 1.165) is 6.92 Å². The van der Waals surface area contributed by atoms with Crippen LogP contribution in [0.3, 0.4) is 0 Å². The van der Waals surface area contributed by atoms with Gasteiger partial charge in [0.25, 0.3) is 5.56 Å². The van der Waals surface area contributed by atoms with E-state index in [2.05, 4.69) is 24.0 Å². The molecule has 1 fully saturated rings. The van der Waals surface area contributed by atoms with Crippen LogP contribution in [-0.2, 0) is 31.6 Å². The predicted molar refractivity (Wildman–Crippen MR) is 112 cm³/mol. The number of aromatic nitrogens is 3. The van der Waals surface area contributed by atoms with Gasteiger partial charge in [0, 0.05) is 6.20 Å². The summed E-state index contributed by atoms with van der Waals surface area (Å²) in [6.07, 6.45) is -7.16. The van der Waals surface area contributed by atoms with Gasteiger partial charge in [0.2, 0.25) is 11.6 Å². The predicted octanol–water partition coefficient (Wildman–Crippen LogP) is -0.221. The quantitative estimate of drug-likeness (QED) is 0.157. The molecule has 8 N–H and O–H groups in total. The standard InChI is InChI=1S/C14H17F2N4O13P3/c1-2-3-14(16)9(21)7(5-30-35(26,27)33-36(28,29)32-34(23,24)25)31-12(14)20-4-6(15)8-10(20)18-13(17)19-11(8)22/h4,7,9,12,21H,5H2,1H3,(H,26,27)(H,28,29)(H2,23,24,25)(H3,17,18,19,22)/t7-,9+,12-,14?/m1/s1/i5D2. The Bertz CT molecular complexity index is 1540. The Hall–Kier alpha value is -2.03. The zero-order valence-electron chi connectivity index (χ0n) is 19.4. The van der Waals surface area contributed by atoms with Gasteiger partial charge in [-0.2, -0.15) is 13.6 Å². The Kier molecular flexibility index (Phi) is 6.89. The summed E-state index contributed by atoms with van der Waals surface area (Å²) in [5, 5.41) is 9.86. The van der Waals surface area contributed by atoms with E-state index in [1.54, 1.807) is 0 Å². The van der Waals surface area contributed by atoms with E-state index in [4.69, 9.17) is 23.0 Å². The summed E-state index contributed by atoms with van der Waals surface area (Å²) in [7, 11) is -18.0. The zero-order valence-corrected chi connectivity index (χ0v) is 20.1. The minimum atomic E-state index is -6.14. The number of fused-ring (bicyclic) bond motifs is 1. The highest BCUT2D eigenvalue weighted by Gasteiger charge is 2.58. The number of alkyl halides is 1. The number of anilines is 1. The second-order valence-corrected chi connectivity index (χ2v) is 11.2. The van der Waals surface area contributed by atoms with Crippen molar-refractivity contribution in [2.24, 2.45) is 0 Å². The molecule has 0 spiro atoms. The maximum atomic E-state index is 16.1. The normalized spacial score (nSPS) is 29.1. The fourth-order valence-corrected chi connectivity index (χ4v) is 5.96. The number of aliphatic hydroxyl groups is 1. The Morgan fingerprint density at radius 1 is 1.33 bits per heavy atom. The van der Waals surface area contributed by atoms with Gasteiger partial charge in [-0.25, -0.2) is 22.5 Å². The van der Waals surface area contributed by atoms with Crippen LogP contribution in [0.2, 0.25) is 0 Å². The van der Waals surface area contributed by atoms with Crippen LogP contribution in [0.4, 0.5) is 14.7 Å². The number of phosphoric acid groups is 3. The van der Waals surface area contributed by atoms with Crippen LogP contribution in [0.15, 0.2) is 11.0 Å². The molecule has 2 aromatic rings. The monoisotopic (exact) mass is 582 g/mol. The van der Waals surface area contributed by atoms with Crippen LogP contribution in [0.5, 0.6) is 0 Å². The third-order valence-electron chi connectivity index (χ3n) is 4.28. The molecule has 3 heterocycles. The van der Waals surface area contributed by atoms with Gasteiger partial charge in [0.05, 0.1) is 9.30 Å². The summed E-state index contributed by atoms with van der Waals surface area (Å²) in [5.74, 6) is 2.17. The summed E-state index contributed by atoms with van der Waals surface area (Å²) in [6.45, 7) is -2.72. The van der Waals surface area contributed by atoms with Crippen molar-refractivity contribution in [2.45, 2.75) is 31.0 Å². The lowest BCUT2D eigenvalue weighted by atomic mass is 9.96. The van der Waals surface area contributed by atoms with Crippen LogP contribution >= 0.6 is 23.5 Å². The molecule has 0 aromatic carbocycles. The average molecular weight is 582 g/mol. The number of ether oxygens (including phenoxy) is 1. The number of nitrogens with zero attached hydrogens (tertiary/aromatic N) is 2.